The van der Waals surface area contributed by atoms with Crippen molar-refractivity contribution in [1.82, 2.24) is 9.88 Å². The number of nitrogens with one attached hydrogen (secondary N) is 1. The van der Waals surface area contributed by atoms with Crippen molar-refractivity contribution in [3.8, 4) is 5.75 Å². The molecule has 4 aromatic rings. The average Bonchev–Trinajstić information content (AvgIpc) is 3.30. The Balaban J connectivity index is 1.44. The van der Waals surface area contributed by atoms with Crippen LogP contribution in [0.3, 0.4) is 0 Å². The lowest BCUT2D eigenvalue weighted by Crippen LogP contribution is -2.29. The highest BCUT2D eigenvalue weighted by atomic mass is 35.5. The maximum absolute atomic E-state index is 13.0. The van der Waals surface area contributed by atoms with Gasteiger partial charge < -0.3 is 24.5 Å². The van der Waals surface area contributed by atoms with Crippen LogP contribution in [-0.4, -0.2) is 29.3 Å². The lowest BCUT2D eigenvalue weighted by Gasteiger charge is -2.14. The van der Waals surface area contributed by atoms with Crippen molar-refractivity contribution in [3.05, 3.63) is 97.6 Å². The number of nitrogens with zero attached hydrogens (tertiary/aromatic N) is 1. The van der Waals surface area contributed by atoms with Gasteiger partial charge in [0.1, 0.15) is 22.2 Å². The summed E-state index contributed by atoms with van der Waals surface area (Å²) in [5.41, 5.74) is 1.27. The largest absolute Gasteiger partial charge is 0.496 e. The monoisotopic (exact) mass is 512 g/mol. The molecule has 0 saturated carbocycles. The third-order valence-corrected chi connectivity index (χ3v) is 6.98. The molecule has 0 radical (unpaired) electrons. The van der Waals surface area contributed by atoms with Crippen LogP contribution in [0.4, 0.5) is 0 Å². The van der Waals surface area contributed by atoms with E-state index in [4.69, 9.17) is 21.1 Å². The molecule has 182 valence electrons. The molecule has 2 N–H and O–H groups in total. The summed E-state index contributed by atoms with van der Waals surface area (Å²) < 4.78 is 12.8. The van der Waals surface area contributed by atoms with E-state index in [1.807, 2.05) is 24.3 Å². The van der Waals surface area contributed by atoms with Crippen LogP contribution in [0.25, 0.3) is 10.2 Å². The Morgan fingerprint density at radius 1 is 1.20 bits per heavy atom. The Bertz CT molecular complexity index is 1400. The van der Waals surface area contributed by atoms with Crippen LogP contribution < -0.4 is 15.5 Å². The number of rotatable bonds is 9. The van der Waals surface area contributed by atoms with E-state index in [2.05, 4.69) is 5.32 Å². The van der Waals surface area contributed by atoms with Gasteiger partial charge in [-0.1, -0.05) is 41.9 Å². The summed E-state index contributed by atoms with van der Waals surface area (Å²) in [5, 5.41) is 14.3. The standard InChI is InChI=1S/C26H25ClN2O5S/c1-29-13-21(25(32)28-12-16-7-9-17(27)10-8-16)24(31)20-11-18(35-26(20)29)14-34-15-22(30)19-5-3-4-6-23(19)33-2/h3-11,13,22,30H,12,14-15H2,1-2H3,(H,28,32)/t22-/m1/s1. The van der Waals surface area contributed by atoms with Crippen molar-refractivity contribution in [1.29, 1.82) is 0 Å². The quantitative estimate of drug-likeness (QED) is 0.346. The van der Waals surface area contributed by atoms with Crippen LogP contribution in [0.1, 0.15) is 32.5 Å². The van der Waals surface area contributed by atoms with E-state index >= 15 is 0 Å². The molecule has 0 saturated heterocycles. The first kappa shape index (κ1) is 24.9. The third kappa shape index (κ3) is 5.74. The number of aliphatic hydroxyl groups is 1. The van der Waals surface area contributed by atoms with Gasteiger partial charge in [-0.2, -0.15) is 0 Å². The van der Waals surface area contributed by atoms with Crippen LogP contribution in [0.2, 0.25) is 5.02 Å². The average molecular weight is 513 g/mol. The number of benzene rings is 2. The lowest BCUT2D eigenvalue weighted by molar-refractivity contribution is 0.0276. The number of thiophene rings is 1. The molecule has 2 aromatic heterocycles. The second-order valence-electron chi connectivity index (χ2n) is 8.00. The lowest BCUT2D eigenvalue weighted by atomic mass is 10.1. The molecule has 0 spiro atoms. The first-order valence-corrected chi connectivity index (χ1v) is 12.1. The molecule has 4 rings (SSSR count). The number of hydrogen-bond acceptors (Lipinski definition) is 6. The summed E-state index contributed by atoms with van der Waals surface area (Å²) in [6.07, 6.45) is 0.705. The Morgan fingerprint density at radius 2 is 1.94 bits per heavy atom. The van der Waals surface area contributed by atoms with Crippen LogP contribution in [-0.2, 0) is 24.9 Å². The predicted molar refractivity (Wildman–Crippen MR) is 137 cm³/mol. The molecule has 1 atom stereocenters. The van der Waals surface area contributed by atoms with Gasteiger partial charge in [0.25, 0.3) is 5.91 Å². The van der Waals surface area contributed by atoms with Gasteiger partial charge in [-0.3, -0.25) is 9.59 Å². The number of carbonyl (C=O) groups excluding carboxylic acids is 1. The molecule has 7 nitrogen and oxygen atoms in total. The van der Waals surface area contributed by atoms with E-state index in [-0.39, 0.29) is 30.8 Å². The summed E-state index contributed by atoms with van der Waals surface area (Å²) in [6, 6.07) is 16.1. The van der Waals surface area contributed by atoms with Gasteiger partial charge in [-0.25, -0.2) is 0 Å². The number of para-hydroxylation sites is 1. The third-order valence-electron chi connectivity index (χ3n) is 5.52. The highest BCUT2D eigenvalue weighted by Gasteiger charge is 2.18. The number of pyridine rings is 1. The van der Waals surface area contributed by atoms with Gasteiger partial charge in [0.15, 0.2) is 0 Å². The Kier molecular flexibility index (Phi) is 7.87. The number of carbonyl (C=O) groups is 1. The fourth-order valence-electron chi connectivity index (χ4n) is 3.73. The molecule has 0 bridgehead atoms. The number of aromatic nitrogens is 1. The highest BCUT2D eigenvalue weighted by Crippen LogP contribution is 2.27. The minimum Gasteiger partial charge on any atom is -0.496 e. The van der Waals surface area contributed by atoms with Gasteiger partial charge in [0, 0.05) is 35.3 Å². The van der Waals surface area contributed by atoms with Gasteiger partial charge >= 0.3 is 0 Å². The number of aryl methyl sites for hydroxylation is 1. The van der Waals surface area contributed by atoms with Crippen LogP contribution in [0.5, 0.6) is 5.75 Å². The molecule has 0 aliphatic rings. The van der Waals surface area contributed by atoms with Crippen molar-refractivity contribution < 1.29 is 19.4 Å². The van der Waals surface area contributed by atoms with E-state index in [0.717, 1.165) is 15.3 Å². The van der Waals surface area contributed by atoms with Gasteiger partial charge in [0.2, 0.25) is 5.43 Å². The number of aliphatic hydroxyl groups excluding tert-OH is 1. The van der Waals surface area contributed by atoms with Gasteiger partial charge in [-0.15, -0.1) is 11.3 Å². The van der Waals surface area contributed by atoms with E-state index in [1.54, 1.807) is 55.3 Å². The first-order chi connectivity index (χ1) is 16.9. The van der Waals surface area contributed by atoms with Crippen LogP contribution >= 0.6 is 22.9 Å². The molecule has 35 heavy (non-hydrogen) atoms. The summed E-state index contributed by atoms with van der Waals surface area (Å²) in [7, 11) is 3.35. The summed E-state index contributed by atoms with van der Waals surface area (Å²) in [4.78, 5) is 27.3. The smallest absolute Gasteiger partial charge is 0.257 e. The summed E-state index contributed by atoms with van der Waals surface area (Å²) >= 11 is 7.31. The molecule has 2 aromatic carbocycles. The molecule has 2 heterocycles. The second kappa shape index (κ2) is 11.0. The molecular formula is C26H25ClN2O5S. The molecule has 0 aliphatic heterocycles. The number of amides is 1. The Hall–Kier alpha value is -3.17. The Labute approximate surface area is 211 Å². The van der Waals surface area contributed by atoms with Crippen LogP contribution in [0, 0.1) is 0 Å². The van der Waals surface area contributed by atoms with E-state index in [0.29, 0.717) is 21.7 Å². The maximum Gasteiger partial charge on any atom is 0.257 e. The van der Waals surface area contributed by atoms with Gasteiger partial charge in [-0.05, 0) is 29.8 Å². The van der Waals surface area contributed by atoms with E-state index < -0.39 is 12.0 Å². The maximum atomic E-state index is 13.0. The topological polar surface area (TPSA) is 89.8 Å². The molecule has 1 amide bonds. The fourth-order valence-corrected chi connectivity index (χ4v) is 4.88. The van der Waals surface area contributed by atoms with Crippen molar-refractivity contribution in [2.75, 3.05) is 13.7 Å². The zero-order valence-corrected chi connectivity index (χ0v) is 20.9. The minimum atomic E-state index is -0.845. The highest BCUT2D eigenvalue weighted by molar-refractivity contribution is 7.18. The predicted octanol–water partition coefficient (Wildman–Crippen LogP) is 4.44. The van der Waals surface area contributed by atoms with Gasteiger partial charge in [0.05, 0.1) is 25.7 Å². The Morgan fingerprint density at radius 3 is 2.69 bits per heavy atom. The van der Waals surface area contributed by atoms with E-state index in [1.165, 1.54) is 11.3 Å². The number of methoxy groups -OCH3 is 1. The zero-order chi connectivity index (χ0) is 24.9. The van der Waals surface area contributed by atoms with Crippen molar-refractivity contribution in [2.24, 2.45) is 7.05 Å². The normalized spacial score (nSPS) is 12.0. The molecule has 0 unspecified atom stereocenters. The number of fused-ring (bicyclic) bond motifs is 1. The van der Waals surface area contributed by atoms with E-state index in [9.17, 15) is 14.7 Å². The SMILES string of the molecule is COc1ccccc1[C@H](O)COCc1cc2c(=O)c(C(=O)NCc3ccc(Cl)cc3)cn(C)c2s1. The van der Waals surface area contributed by atoms with Crippen molar-refractivity contribution in [3.63, 3.8) is 0 Å². The van der Waals surface area contributed by atoms with Crippen molar-refractivity contribution in [2.45, 2.75) is 19.3 Å². The summed E-state index contributed by atoms with van der Waals surface area (Å²) in [5.74, 6) is 0.154. The number of halogens is 1. The van der Waals surface area contributed by atoms with Crippen LogP contribution in [0.15, 0.2) is 65.6 Å². The molecule has 0 fully saturated rings. The number of hydrogen-bond donors (Lipinski definition) is 2. The summed E-state index contributed by atoms with van der Waals surface area (Å²) in [6.45, 7) is 0.584. The minimum absolute atomic E-state index is 0.0727. The fraction of sp³-hybridized carbons (Fsp3) is 0.231. The molecule has 0 aliphatic carbocycles. The zero-order valence-electron chi connectivity index (χ0n) is 19.3. The first-order valence-electron chi connectivity index (χ1n) is 10.9. The van der Waals surface area contributed by atoms with Crippen molar-refractivity contribution >= 4 is 39.1 Å². The second-order valence-corrected chi connectivity index (χ2v) is 9.55. The molecule has 9 heteroatoms. The number of ether oxygens (including phenoxy) is 2. The molecular weight excluding hydrogens is 488 g/mol.